The van der Waals surface area contributed by atoms with E-state index in [4.69, 9.17) is 15.6 Å². The number of nitrogens with two attached hydrogens (primary N) is 1. The predicted molar refractivity (Wildman–Crippen MR) is 56.1 cm³/mol. The maximum atomic E-state index is 8.80. The molecule has 0 aliphatic carbocycles. The van der Waals surface area contributed by atoms with Crippen LogP contribution in [0.15, 0.2) is 24.3 Å². The molecule has 1 atom stereocenters. The number of hydrogen-bond donors (Lipinski definition) is 2. The van der Waals surface area contributed by atoms with E-state index in [1.807, 2.05) is 31.2 Å². The van der Waals surface area contributed by atoms with Crippen LogP contribution in [0.4, 0.5) is 0 Å². The number of rotatable bonds is 5. The largest absolute Gasteiger partial charge is 0.493 e. The first-order chi connectivity index (χ1) is 6.76. The Bertz CT molecular complexity index is 258. The van der Waals surface area contributed by atoms with Crippen molar-refractivity contribution in [2.45, 2.75) is 13.5 Å². The van der Waals surface area contributed by atoms with Gasteiger partial charge in [0.25, 0.3) is 0 Å². The second-order valence-corrected chi connectivity index (χ2v) is 3.45. The van der Waals surface area contributed by atoms with Crippen LogP contribution < -0.4 is 10.5 Å². The fourth-order valence-electron chi connectivity index (χ4n) is 1.01. The molecule has 0 saturated carbocycles. The summed E-state index contributed by atoms with van der Waals surface area (Å²) in [4.78, 5) is 0. The molecule has 3 heteroatoms. The Kier molecular flexibility index (Phi) is 4.43. The van der Waals surface area contributed by atoms with Crippen LogP contribution in [0.3, 0.4) is 0 Å². The standard InChI is InChI=1S/C11H17NO2/c1-9(7-13)8-14-11-4-2-10(6-12)3-5-11/h2-5,9,13H,6-8,12H2,1H3. The molecule has 0 fully saturated rings. The monoisotopic (exact) mass is 195 g/mol. The van der Waals surface area contributed by atoms with Crippen LogP contribution in [0.25, 0.3) is 0 Å². The zero-order valence-electron chi connectivity index (χ0n) is 8.44. The van der Waals surface area contributed by atoms with Crippen LogP contribution in [0.1, 0.15) is 12.5 Å². The Balaban J connectivity index is 2.43. The minimum Gasteiger partial charge on any atom is -0.493 e. The molecule has 1 unspecified atom stereocenters. The van der Waals surface area contributed by atoms with E-state index in [2.05, 4.69) is 0 Å². The van der Waals surface area contributed by atoms with Crippen LogP contribution in [-0.4, -0.2) is 18.3 Å². The van der Waals surface area contributed by atoms with Gasteiger partial charge in [-0.15, -0.1) is 0 Å². The van der Waals surface area contributed by atoms with Gasteiger partial charge >= 0.3 is 0 Å². The lowest BCUT2D eigenvalue weighted by Gasteiger charge is -2.10. The fraction of sp³-hybridized carbons (Fsp3) is 0.455. The van der Waals surface area contributed by atoms with Crippen molar-refractivity contribution in [3.8, 4) is 5.75 Å². The smallest absolute Gasteiger partial charge is 0.119 e. The number of aliphatic hydroxyl groups excluding tert-OH is 1. The average Bonchev–Trinajstić information content (AvgIpc) is 2.26. The summed E-state index contributed by atoms with van der Waals surface area (Å²) in [5.74, 6) is 0.992. The maximum Gasteiger partial charge on any atom is 0.119 e. The van der Waals surface area contributed by atoms with Gasteiger partial charge in [-0.2, -0.15) is 0 Å². The highest BCUT2D eigenvalue weighted by Gasteiger charge is 2.00. The molecule has 14 heavy (non-hydrogen) atoms. The summed E-state index contributed by atoms with van der Waals surface area (Å²) in [7, 11) is 0. The van der Waals surface area contributed by atoms with Gasteiger partial charge in [0.15, 0.2) is 0 Å². The molecule has 0 amide bonds. The summed E-state index contributed by atoms with van der Waals surface area (Å²) in [6.07, 6.45) is 0. The van der Waals surface area contributed by atoms with Crippen molar-refractivity contribution in [3.05, 3.63) is 29.8 Å². The molecule has 0 spiro atoms. The van der Waals surface area contributed by atoms with Crippen LogP contribution in [0.5, 0.6) is 5.75 Å². The molecule has 78 valence electrons. The number of hydrogen-bond acceptors (Lipinski definition) is 3. The Morgan fingerprint density at radius 3 is 2.50 bits per heavy atom. The Hall–Kier alpha value is -1.06. The zero-order chi connectivity index (χ0) is 10.4. The summed E-state index contributed by atoms with van der Waals surface area (Å²) in [5.41, 5.74) is 6.56. The first kappa shape index (κ1) is 11.0. The quantitative estimate of drug-likeness (QED) is 0.741. The Labute approximate surface area is 84.5 Å². The molecule has 1 aromatic rings. The van der Waals surface area contributed by atoms with E-state index in [0.717, 1.165) is 11.3 Å². The summed E-state index contributed by atoms with van der Waals surface area (Å²) in [6.45, 7) is 3.18. The van der Waals surface area contributed by atoms with Crippen LogP contribution in [-0.2, 0) is 6.54 Å². The molecule has 0 saturated heterocycles. The van der Waals surface area contributed by atoms with E-state index >= 15 is 0 Å². The minimum atomic E-state index is 0.154. The van der Waals surface area contributed by atoms with Crippen LogP contribution in [0, 0.1) is 5.92 Å². The molecule has 3 nitrogen and oxygen atoms in total. The average molecular weight is 195 g/mol. The molecule has 0 radical (unpaired) electrons. The Morgan fingerprint density at radius 1 is 1.36 bits per heavy atom. The molecule has 0 aliphatic rings. The van der Waals surface area contributed by atoms with Gasteiger partial charge in [0.05, 0.1) is 6.61 Å². The number of ether oxygens (including phenoxy) is 1. The van der Waals surface area contributed by atoms with E-state index < -0.39 is 0 Å². The van der Waals surface area contributed by atoms with E-state index in [1.54, 1.807) is 0 Å². The SMILES string of the molecule is CC(CO)COc1ccc(CN)cc1. The van der Waals surface area contributed by atoms with Crippen LogP contribution >= 0.6 is 0 Å². The van der Waals surface area contributed by atoms with Crippen molar-refractivity contribution in [1.82, 2.24) is 0 Å². The summed E-state index contributed by atoms with van der Waals surface area (Å²) in [5, 5.41) is 8.80. The summed E-state index contributed by atoms with van der Waals surface area (Å²) >= 11 is 0. The normalized spacial score (nSPS) is 12.5. The highest BCUT2D eigenvalue weighted by Crippen LogP contribution is 2.12. The highest BCUT2D eigenvalue weighted by atomic mass is 16.5. The topological polar surface area (TPSA) is 55.5 Å². The molecule has 3 N–H and O–H groups in total. The molecule has 1 rings (SSSR count). The molecule has 0 aliphatic heterocycles. The Morgan fingerprint density at radius 2 is 2.00 bits per heavy atom. The molecule has 0 heterocycles. The third-order valence-corrected chi connectivity index (χ3v) is 2.01. The van der Waals surface area contributed by atoms with E-state index in [9.17, 15) is 0 Å². The first-order valence-electron chi connectivity index (χ1n) is 4.79. The van der Waals surface area contributed by atoms with Crippen molar-refractivity contribution < 1.29 is 9.84 Å². The predicted octanol–water partition coefficient (Wildman–Crippen LogP) is 1.15. The third-order valence-electron chi connectivity index (χ3n) is 2.01. The summed E-state index contributed by atoms with van der Waals surface area (Å²) < 4.78 is 5.46. The molecule has 1 aromatic carbocycles. The van der Waals surface area contributed by atoms with Crippen molar-refractivity contribution >= 4 is 0 Å². The van der Waals surface area contributed by atoms with Crippen molar-refractivity contribution in [3.63, 3.8) is 0 Å². The zero-order valence-corrected chi connectivity index (χ0v) is 8.44. The van der Waals surface area contributed by atoms with Gasteiger partial charge in [-0.3, -0.25) is 0 Å². The molecular formula is C11H17NO2. The lowest BCUT2D eigenvalue weighted by atomic mass is 10.2. The lowest BCUT2D eigenvalue weighted by molar-refractivity contribution is 0.174. The van der Waals surface area contributed by atoms with Gasteiger partial charge in [0, 0.05) is 19.1 Å². The second kappa shape index (κ2) is 5.62. The number of aliphatic hydroxyl groups is 1. The van der Waals surface area contributed by atoms with Gasteiger partial charge in [0.1, 0.15) is 5.75 Å². The molecule has 0 bridgehead atoms. The van der Waals surface area contributed by atoms with Crippen LogP contribution in [0.2, 0.25) is 0 Å². The van der Waals surface area contributed by atoms with Crippen molar-refractivity contribution in [2.75, 3.05) is 13.2 Å². The van der Waals surface area contributed by atoms with E-state index in [1.165, 1.54) is 0 Å². The van der Waals surface area contributed by atoms with Crippen molar-refractivity contribution in [1.29, 1.82) is 0 Å². The highest BCUT2D eigenvalue weighted by molar-refractivity contribution is 5.27. The third kappa shape index (κ3) is 3.36. The van der Waals surface area contributed by atoms with E-state index in [0.29, 0.717) is 13.2 Å². The summed E-state index contributed by atoms with van der Waals surface area (Å²) in [6, 6.07) is 7.68. The lowest BCUT2D eigenvalue weighted by Crippen LogP contribution is -2.12. The number of benzene rings is 1. The first-order valence-corrected chi connectivity index (χ1v) is 4.79. The van der Waals surface area contributed by atoms with Gasteiger partial charge in [-0.05, 0) is 17.7 Å². The van der Waals surface area contributed by atoms with E-state index in [-0.39, 0.29) is 12.5 Å². The second-order valence-electron chi connectivity index (χ2n) is 3.45. The van der Waals surface area contributed by atoms with Gasteiger partial charge in [0.2, 0.25) is 0 Å². The molecular weight excluding hydrogens is 178 g/mol. The fourth-order valence-corrected chi connectivity index (χ4v) is 1.01. The van der Waals surface area contributed by atoms with Gasteiger partial charge in [-0.1, -0.05) is 19.1 Å². The van der Waals surface area contributed by atoms with Crippen molar-refractivity contribution in [2.24, 2.45) is 11.7 Å². The maximum absolute atomic E-state index is 8.80. The molecule has 0 aromatic heterocycles. The minimum absolute atomic E-state index is 0.154. The van der Waals surface area contributed by atoms with Gasteiger partial charge < -0.3 is 15.6 Å². The van der Waals surface area contributed by atoms with Gasteiger partial charge in [-0.25, -0.2) is 0 Å².